The molecule has 1 aromatic heterocycles. The predicted octanol–water partition coefficient (Wildman–Crippen LogP) is 2.92. The normalized spacial score (nSPS) is 16.2. The van der Waals surface area contributed by atoms with Crippen LogP contribution in [-0.4, -0.2) is 37.0 Å². The van der Waals surface area contributed by atoms with Crippen LogP contribution < -0.4 is 10.5 Å². The van der Waals surface area contributed by atoms with Gasteiger partial charge in [0.15, 0.2) is 0 Å². The first-order chi connectivity index (χ1) is 11.7. The zero-order chi connectivity index (χ0) is 16.8. The van der Waals surface area contributed by atoms with Crippen LogP contribution in [0.2, 0.25) is 0 Å². The molecule has 128 valence electrons. The fourth-order valence-corrected chi connectivity index (χ4v) is 3.73. The van der Waals surface area contributed by atoms with Gasteiger partial charge in [-0.05, 0) is 72.4 Å². The summed E-state index contributed by atoms with van der Waals surface area (Å²) >= 11 is 1.73. The van der Waals surface area contributed by atoms with E-state index in [9.17, 15) is 4.79 Å². The summed E-state index contributed by atoms with van der Waals surface area (Å²) in [7, 11) is 0. The number of hydrogen-bond donors (Lipinski definition) is 1. The molecule has 0 bridgehead atoms. The van der Waals surface area contributed by atoms with Crippen LogP contribution in [0.5, 0.6) is 5.75 Å². The van der Waals surface area contributed by atoms with Gasteiger partial charge in [-0.1, -0.05) is 12.1 Å². The van der Waals surface area contributed by atoms with Gasteiger partial charge in [-0.3, -0.25) is 9.69 Å². The lowest BCUT2D eigenvalue weighted by Gasteiger charge is -2.30. The van der Waals surface area contributed by atoms with Crippen LogP contribution in [0.25, 0.3) is 0 Å². The van der Waals surface area contributed by atoms with Crippen molar-refractivity contribution < 1.29 is 9.53 Å². The van der Waals surface area contributed by atoms with Crippen LogP contribution in [0.15, 0.2) is 41.1 Å². The Kier molecular flexibility index (Phi) is 5.88. The van der Waals surface area contributed by atoms with Crippen LogP contribution >= 0.6 is 11.3 Å². The summed E-state index contributed by atoms with van der Waals surface area (Å²) in [6.45, 7) is 3.42. The molecular formula is C19H24N2O2S. The molecule has 0 atom stereocenters. The van der Waals surface area contributed by atoms with E-state index in [1.165, 1.54) is 11.1 Å². The number of hydrogen-bond acceptors (Lipinski definition) is 4. The first-order valence-corrected chi connectivity index (χ1v) is 9.39. The smallest absolute Gasteiger partial charge is 0.220 e. The zero-order valence-electron chi connectivity index (χ0n) is 13.8. The van der Waals surface area contributed by atoms with E-state index in [4.69, 9.17) is 10.5 Å². The summed E-state index contributed by atoms with van der Waals surface area (Å²) < 4.78 is 5.84. The second-order valence-electron chi connectivity index (χ2n) is 6.32. The van der Waals surface area contributed by atoms with Crippen molar-refractivity contribution in [2.45, 2.75) is 19.3 Å². The number of thiophene rings is 1. The molecule has 24 heavy (non-hydrogen) atoms. The van der Waals surface area contributed by atoms with Gasteiger partial charge in [0.05, 0.1) is 0 Å². The number of piperidine rings is 1. The van der Waals surface area contributed by atoms with Crippen molar-refractivity contribution in [3.63, 3.8) is 0 Å². The Balaban J connectivity index is 1.38. The molecule has 1 saturated heterocycles. The molecule has 1 amide bonds. The summed E-state index contributed by atoms with van der Waals surface area (Å²) in [4.78, 5) is 13.5. The Labute approximate surface area is 147 Å². The van der Waals surface area contributed by atoms with Gasteiger partial charge >= 0.3 is 0 Å². The van der Waals surface area contributed by atoms with Crippen molar-refractivity contribution in [3.05, 3.63) is 52.2 Å². The summed E-state index contributed by atoms with van der Waals surface area (Å²) in [6.07, 6.45) is 2.71. The molecule has 1 aliphatic heterocycles. The highest BCUT2D eigenvalue weighted by Gasteiger charge is 2.22. The number of benzene rings is 1. The van der Waals surface area contributed by atoms with Crippen LogP contribution in [0.3, 0.4) is 0 Å². The van der Waals surface area contributed by atoms with Crippen molar-refractivity contribution in [1.29, 1.82) is 0 Å². The van der Waals surface area contributed by atoms with E-state index in [-0.39, 0.29) is 11.8 Å². The molecule has 1 fully saturated rings. The quantitative estimate of drug-likeness (QED) is 0.840. The van der Waals surface area contributed by atoms with E-state index in [1.807, 2.05) is 12.1 Å². The van der Waals surface area contributed by atoms with Crippen molar-refractivity contribution in [2.24, 2.45) is 11.7 Å². The largest absolute Gasteiger partial charge is 0.492 e. The molecule has 1 aliphatic rings. The number of rotatable bonds is 7. The molecule has 3 rings (SSSR count). The molecule has 5 heteroatoms. The minimum Gasteiger partial charge on any atom is -0.492 e. The van der Waals surface area contributed by atoms with E-state index >= 15 is 0 Å². The SMILES string of the molecule is NC(=O)C1CCN(CCOc2ccc(Cc3ccsc3)cc2)CC1. The lowest BCUT2D eigenvalue weighted by atomic mass is 9.96. The van der Waals surface area contributed by atoms with Gasteiger partial charge in [0.25, 0.3) is 0 Å². The van der Waals surface area contributed by atoms with E-state index in [0.29, 0.717) is 6.61 Å². The number of carbonyl (C=O) groups is 1. The van der Waals surface area contributed by atoms with Crippen molar-refractivity contribution in [2.75, 3.05) is 26.2 Å². The van der Waals surface area contributed by atoms with Crippen LogP contribution in [0, 0.1) is 5.92 Å². The third kappa shape index (κ3) is 4.82. The molecule has 0 radical (unpaired) electrons. The van der Waals surface area contributed by atoms with Crippen LogP contribution in [0.1, 0.15) is 24.0 Å². The van der Waals surface area contributed by atoms with E-state index < -0.39 is 0 Å². The molecule has 0 spiro atoms. The van der Waals surface area contributed by atoms with Crippen LogP contribution in [-0.2, 0) is 11.2 Å². The molecule has 2 heterocycles. The molecule has 4 nitrogen and oxygen atoms in total. The van der Waals surface area contributed by atoms with E-state index in [0.717, 1.165) is 44.6 Å². The summed E-state index contributed by atoms with van der Waals surface area (Å²) in [5.74, 6) is 0.808. The summed E-state index contributed by atoms with van der Waals surface area (Å²) in [5, 5.41) is 4.30. The zero-order valence-corrected chi connectivity index (χ0v) is 14.6. The number of nitrogens with zero attached hydrogens (tertiary/aromatic N) is 1. The first-order valence-electron chi connectivity index (χ1n) is 8.45. The van der Waals surface area contributed by atoms with Gasteiger partial charge in [-0.25, -0.2) is 0 Å². The average Bonchev–Trinajstić information content (AvgIpc) is 3.10. The van der Waals surface area contributed by atoms with Crippen molar-refractivity contribution in [1.82, 2.24) is 4.90 Å². The number of carbonyl (C=O) groups excluding carboxylic acids is 1. The lowest BCUT2D eigenvalue weighted by Crippen LogP contribution is -2.40. The fraction of sp³-hybridized carbons (Fsp3) is 0.421. The number of amides is 1. The Morgan fingerprint density at radius 3 is 2.54 bits per heavy atom. The minimum atomic E-state index is -0.159. The third-order valence-electron chi connectivity index (χ3n) is 4.58. The Morgan fingerprint density at radius 2 is 1.92 bits per heavy atom. The maximum atomic E-state index is 11.2. The van der Waals surface area contributed by atoms with E-state index in [2.05, 4.69) is 33.9 Å². The average molecular weight is 344 g/mol. The highest BCUT2D eigenvalue weighted by Crippen LogP contribution is 2.18. The summed E-state index contributed by atoms with van der Waals surface area (Å²) in [5.41, 5.74) is 8.02. The lowest BCUT2D eigenvalue weighted by molar-refractivity contribution is -0.123. The Morgan fingerprint density at radius 1 is 1.17 bits per heavy atom. The minimum absolute atomic E-state index is 0.0536. The fourth-order valence-electron chi connectivity index (χ4n) is 3.07. The third-order valence-corrected chi connectivity index (χ3v) is 5.31. The maximum absolute atomic E-state index is 11.2. The second-order valence-corrected chi connectivity index (χ2v) is 7.10. The maximum Gasteiger partial charge on any atom is 0.220 e. The van der Waals surface area contributed by atoms with Gasteiger partial charge in [0, 0.05) is 12.5 Å². The van der Waals surface area contributed by atoms with Crippen molar-refractivity contribution >= 4 is 17.2 Å². The first kappa shape index (κ1) is 17.0. The summed E-state index contributed by atoms with van der Waals surface area (Å²) in [6, 6.07) is 10.5. The molecular weight excluding hydrogens is 320 g/mol. The number of nitrogens with two attached hydrogens (primary N) is 1. The van der Waals surface area contributed by atoms with Gasteiger partial charge in [0.1, 0.15) is 12.4 Å². The molecule has 2 N–H and O–H groups in total. The van der Waals surface area contributed by atoms with Crippen LogP contribution in [0.4, 0.5) is 0 Å². The molecule has 0 unspecified atom stereocenters. The Hall–Kier alpha value is -1.85. The van der Waals surface area contributed by atoms with Gasteiger partial charge in [0.2, 0.25) is 5.91 Å². The van der Waals surface area contributed by atoms with Gasteiger partial charge in [-0.2, -0.15) is 11.3 Å². The Bertz CT molecular complexity index is 632. The van der Waals surface area contributed by atoms with Gasteiger partial charge in [-0.15, -0.1) is 0 Å². The van der Waals surface area contributed by atoms with Gasteiger partial charge < -0.3 is 10.5 Å². The van der Waals surface area contributed by atoms with E-state index in [1.54, 1.807) is 11.3 Å². The molecule has 0 aliphatic carbocycles. The highest BCUT2D eigenvalue weighted by molar-refractivity contribution is 7.07. The molecule has 1 aromatic carbocycles. The monoisotopic (exact) mass is 344 g/mol. The topological polar surface area (TPSA) is 55.6 Å². The standard InChI is InChI=1S/C19H24N2O2S/c20-19(22)17-5-8-21(9-6-17)10-11-23-18-3-1-15(2-4-18)13-16-7-12-24-14-16/h1-4,7,12,14,17H,5-6,8-11,13H2,(H2,20,22). The van der Waals surface area contributed by atoms with Crippen molar-refractivity contribution in [3.8, 4) is 5.75 Å². The number of likely N-dealkylation sites (tertiary alicyclic amines) is 1. The highest BCUT2D eigenvalue weighted by atomic mass is 32.1. The molecule has 0 saturated carbocycles. The number of ether oxygens (including phenoxy) is 1. The predicted molar refractivity (Wildman–Crippen MR) is 97.4 cm³/mol. The molecule has 2 aromatic rings. The second kappa shape index (κ2) is 8.31. The number of primary amides is 1.